The second-order valence-corrected chi connectivity index (χ2v) is 5.54. The van der Waals surface area contributed by atoms with Gasteiger partial charge >= 0.3 is 0 Å². The van der Waals surface area contributed by atoms with Crippen LogP contribution in [0.25, 0.3) is 0 Å². The van der Waals surface area contributed by atoms with E-state index in [4.69, 9.17) is 0 Å². The second kappa shape index (κ2) is 4.59. The number of nitrogens with one attached hydrogen (secondary N) is 1. The van der Waals surface area contributed by atoms with E-state index in [-0.39, 0.29) is 0 Å². The third kappa shape index (κ3) is 2.40. The average molecular weight is 244 g/mol. The summed E-state index contributed by atoms with van der Waals surface area (Å²) in [4.78, 5) is 5.64. The van der Waals surface area contributed by atoms with E-state index in [2.05, 4.69) is 47.6 Å². The SMILES string of the molecule is Cc1ncsc1CNC1CC1c1ccccc1. The van der Waals surface area contributed by atoms with Gasteiger partial charge in [0.2, 0.25) is 0 Å². The first kappa shape index (κ1) is 10.9. The molecular formula is C14H16N2S. The molecule has 3 heteroatoms. The summed E-state index contributed by atoms with van der Waals surface area (Å²) in [6.45, 7) is 3.04. The smallest absolute Gasteiger partial charge is 0.0798 e. The highest BCUT2D eigenvalue weighted by Crippen LogP contribution is 2.40. The summed E-state index contributed by atoms with van der Waals surface area (Å²) in [5, 5.41) is 3.62. The molecule has 3 rings (SSSR count). The van der Waals surface area contributed by atoms with Crippen LogP contribution in [0.1, 0.15) is 28.5 Å². The van der Waals surface area contributed by atoms with Gasteiger partial charge in [0.25, 0.3) is 0 Å². The van der Waals surface area contributed by atoms with E-state index in [1.165, 1.54) is 22.6 Å². The first-order chi connectivity index (χ1) is 8.34. The van der Waals surface area contributed by atoms with E-state index in [0.717, 1.165) is 6.54 Å². The standard InChI is InChI=1S/C14H16N2S/c1-10-14(17-9-16-10)8-15-13-7-12(13)11-5-3-2-4-6-11/h2-6,9,12-13,15H,7-8H2,1H3. The minimum Gasteiger partial charge on any atom is -0.308 e. The molecule has 0 bridgehead atoms. The quantitative estimate of drug-likeness (QED) is 0.894. The van der Waals surface area contributed by atoms with Crippen LogP contribution in [-0.4, -0.2) is 11.0 Å². The van der Waals surface area contributed by atoms with Gasteiger partial charge in [0.1, 0.15) is 0 Å². The highest BCUT2D eigenvalue weighted by Gasteiger charge is 2.37. The molecule has 88 valence electrons. The molecule has 0 aliphatic heterocycles. The molecule has 0 radical (unpaired) electrons. The maximum absolute atomic E-state index is 4.27. The lowest BCUT2D eigenvalue weighted by molar-refractivity contribution is 0.676. The fourth-order valence-electron chi connectivity index (χ4n) is 2.21. The number of hydrogen-bond acceptors (Lipinski definition) is 3. The van der Waals surface area contributed by atoms with E-state index >= 15 is 0 Å². The van der Waals surface area contributed by atoms with Gasteiger partial charge in [0, 0.05) is 23.4 Å². The molecule has 17 heavy (non-hydrogen) atoms. The van der Waals surface area contributed by atoms with E-state index in [0.29, 0.717) is 12.0 Å². The molecular weight excluding hydrogens is 228 g/mol. The molecule has 1 N–H and O–H groups in total. The molecule has 2 nitrogen and oxygen atoms in total. The van der Waals surface area contributed by atoms with Crippen LogP contribution in [0.5, 0.6) is 0 Å². The molecule has 2 atom stereocenters. The van der Waals surface area contributed by atoms with Crippen LogP contribution in [0.4, 0.5) is 0 Å². The minimum atomic E-state index is 0.652. The Morgan fingerprint density at radius 3 is 2.88 bits per heavy atom. The Balaban J connectivity index is 1.55. The molecule has 1 heterocycles. The van der Waals surface area contributed by atoms with Crippen LogP contribution in [0.2, 0.25) is 0 Å². The van der Waals surface area contributed by atoms with Crippen LogP contribution in [0.15, 0.2) is 35.8 Å². The number of nitrogens with zero attached hydrogens (tertiary/aromatic N) is 1. The van der Waals surface area contributed by atoms with Crippen LogP contribution >= 0.6 is 11.3 Å². The molecule has 0 amide bonds. The van der Waals surface area contributed by atoms with Gasteiger partial charge in [-0.15, -0.1) is 11.3 Å². The van der Waals surface area contributed by atoms with Crippen molar-refractivity contribution in [1.82, 2.24) is 10.3 Å². The predicted octanol–water partition coefficient (Wildman–Crippen LogP) is 3.10. The summed E-state index contributed by atoms with van der Waals surface area (Å²) >= 11 is 1.74. The van der Waals surface area contributed by atoms with Gasteiger partial charge in [-0.25, -0.2) is 4.98 Å². The number of aryl methyl sites for hydroxylation is 1. The minimum absolute atomic E-state index is 0.652. The van der Waals surface area contributed by atoms with Crippen molar-refractivity contribution in [1.29, 1.82) is 0 Å². The van der Waals surface area contributed by atoms with E-state index in [1.807, 2.05) is 5.51 Å². The highest BCUT2D eigenvalue weighted by atomic mass is 32.1. The normalized spacial score (nSPS) is 22.6. The third-order valence-corrected chi connectivity index (χ3v) is 4.32. The van der Waals surface area contributed by atoms with Gasteiger partial charge in [-0.1, -0.05) is 30.3 Å². The zero-order valence-electron chi connectivity index (χ0n) is 9.89. The van der Waals surface area contributed by atoms with Crippen LogP contribution in [0.3, 0.4) is 0 Å². The van der Waals surface area contributed by atoms with Crippen molar-refractivity contribution in [2.24, 2.45) is 0 Å². The predicted molar refractivity (Wildman–Crippen MR) is 71.3 cm³/mol. The van der Waals surface area contributed by atoms with Gasteiger partial charge in [-0.3, -0.25) is 0 Å². The van der Waals surface area contributed by atoms with Gasteiger partial charge < -0.3 is 5.32 Å². The molecule has 1 aromatic carbocycles. The highest BCUT2D eigenvalue weighted by molar-refractivity contribution is 7.09. The maximum atomic E-state index is 4.27. The monoisotopic (exact) mass is 244 g/mol. The summed E-state index contributed by atoms with van der Waals surface area (Å²) in [6, 6.07) is 11.4. The Bertz CT molecular complexity index is 492. The van der Waals surface area contributed by atoms with Crippen molar-refractivity contribution in [2.75, 3.05) is 0 Å². The molecule has 2 unspecified atom stereocenters. The van der Waals surface area contributed by atoms with Crippen molar-refractivity contribution in [3.05, 3.63) is 52.0 Å². The number of hydrogen-bond donors (Lipinski definition) is 1. The Morgan fingerprint density at radius 1 is 1.35 bits per heavy atom. The molecule has 0 spiro atoms. The lowest BCUT2D eigenvalue weighted by Gasteiger charge is -2.03. The molecule has 0 saturated heterocycles. The number of rotatable bonds is 4. The summed E-state index contributed by atoms with van der Waals surface area (Å²) in [6.07, 6.45) is 1.27. The van der Waals surface area contributed by atoms with E-state index in [9.17, 15) is 0 Å². The van der Waals surface area contributed by atoms with Crippen molar-refractivity contribution in [3.63, 3.8) is 0 Å². The number of thiazole rings is 1. The third-order valence-electron chi connectivity index (χ3n) is 3.39. The second-order valence-electron chi connectivity index (χ2n) is 4.60. The van der Waals surface area contributed by atoms with Crippen molar-refractivity contribution in [3.8, 4) is 0 Å². The summed E-state index contributed by atoms with van der Waals surface area (Å²) in [5.74, 6) is 0.712. The Kier molecular flexibility index (Phi) is 2.95. The van der Waals surface area contributed by atoms with Gasteiger partial charge in [0.15, 0.2) is 0 Å². The van der Waals surface area contributed by atoms with E-state index < -0.39 is 0 Å². The van der Waals surface area contributed by atoms with Crippen LogP contribution < -0.4 is 5.32 Å². The zero-order valence-corrected chi connectivity index (χ0v) is 10.7. The van der Waals surface area contributed by atoms with Crippen LogP contribution in [0, 0.1) is 6.92 Å². The van der Waals surface area contributed by atoms with Gasteiger partial charge in [-0.05, 0) is 18.9 Å². The lowest BCUT2D eigenvalue weighted by Crippen LogP contribution is -2.17. The molecule has 1 aliphatic carbocycles. The lowest BCUT2D eigenvalue weighted by atomic mass is 10.1. The molecule has 1 aromatic heterocycles. The average Bonchev–Trinajstić information content (AvgIpc) is 3.04. The van der Waals surface area contributed by atoms with E-state index in [1.54, 1.807) is 11.3 Å². The first-order valence-corrected chi connectivity index (χ1v) is 6.90. The summed E-state index contributed by atoms with van der Waals surface area (Å²) < 4.78 is 0. The fraction of sp³-hybridized carbons (Fsp3) is 0.357. The summed E-state index contributed by atoms with van der Waals surface area (Å²) in [7, 11) is 0. The first-order valence-electron chi connectivity index (χ1n) is 6.02. The number of aromatic nitrogens is 1. The molecule has 1 fully saturated rings. The largest absolute Gasteiger partial charge is 0.308 e. The topological polar surface area (TPSA) is 24.9 Å². The molecule has 1 saturated carbocycles. The number of benzene rings is 1. The van der Waals surface area contributed by atoms with Gasteiger partial charge in [-0.2, -0.15) is 0 Å². The summed E-state index contributed by atoms with van der Waals surface area (Å²) in [5.41, 5.74) is 4.55. The Hall–Kier alpha value is -1.19. The fourth-order valence-corrected chi connectivity index (χ4v) is 2.94. The molecule has 1 aliphatic rings. The van der Waals surface area contributed by atoms with Gasteiger partial charge in [0.05, 0.1) is 11.2 Å². The van der Waals surface area contributed by atoms with Crippen molar-refractivity contribution in [2.45, 2.75) is 31.8 Å². The van der Waals surface area contributed by atoms with Crippen molar-refractivity contribution < 1.29 is 0 Å². The van der Waals surface area contributed by atoms with Crippen LogP contribution in [-0.2, 0) is 6.54 Å². The maximum Gasteiger partial charge on any atom is 0.0798 e. The Labute approximate surface area is 106 Å². The molecule has 2 aromatic rings. The van der Waals surface area contributed by atoms with Crippen molar-refractivity contribution >= 4 is 11.3 Å². The Morgan fingerprint density at radius 2 is 2.18 bits per heavy atom. The zero-order chi connectivity index (χ0) is 11.7.